The van der Waals surface area contributed by atoms with E-state index in [0.29, 0.717) is 11.3 Å². The van der Waals surface area contributed by atoms with Crippen molar-refractivity contribution in [2.75, 3.05) is 17.2 Å². The van der Waals surface area contributed by atoms with E-state index in [9.17, 15) is 9.59 Å². The molecule has 90 valence electrons. The van der Waals surface area contributed by atoms with Gasteiger partial charge in [0.25, 0.3) is 0 Å². The van der Waals surface area contributed by atoms with E-state index in [1.165, 1.54) is 0 Å². The summed E-state index contributed by atoms with van der Waals surface area (Å²) in [4.78, 5) is 23.2. The van der Waals surface area contributed by atoms with E-state index in [4.69, 9.17) is 5.73 Å². The van der Waals surface area contributed by atoms with Gasteiger partial charge in [-0.1, -0.05) is 0 Å². The van der Waals surface area contributed by atoms with Crippen LogP contribution < -0.4 is 16.4 Å². The fraction of sp³-hybridized carbons (Fsp3) is 0.333. The van der Waals surface area contributed by atoms with Gasteiger partial charge in [0.2, 0.25) is 5.91 Å². The third-order valence-electron chi connectivity index (χ3n) is 2.79. The van der Waals surface area contributed by atoms with E-state index in [1.807, 2.05) is 0 Å². The molecule has 1 aliphatic rings. The van der Waals surface area contributed by atoms with Gasteiger partial charge in [-0.2, -0.15) is 0 Å². The van der Waals surface area contributed by atoms with Gasteiger partial charge in [-0.3, -0.25) is 9.59 Å². The molecule has 4 N–H and O–H groups in total. The minimum absolute atomic E-state index is 0.0193. The SMILES string of the molecule is CC1(C)Nc2cc(C(=O)CN)ccc2NC1=O. The number of carbonyl (C=O) groups excluding carboxylic acids is 2. The molecule has 1 aliphatic heterocycles. The monoisotopic (exact) mass is 233 g/mol. The lowest BCUT2D eigenvalue weighted by atomic mass is 9.98. The van der Waals surface area contributed by atoms with Gasteiger partial charge in [0, 0.05) is 5.56 Å². The topological polar surface area (TPSA) is 84.2 Å². The molecule has 0 spiro atoms. The van der Waals surface area contributed by atoms with Crippen molar-refractivity contribution in [3.63, 3.8) is 0 Å². The quantitative estimate of drug-likeness (QED) is 0.664. The number of fused-ring (bicyclic) bond motifs is 1. The molecule has 5 heteroatoms. The van der Waals surface area contributed by atoms with Crippen LogP contribution in [0.5, 0.6) is 0 Å². The Balaban J connectivity index is 2.41. The number of hydrogen-bond acceptors (Lipinski definition) is 4. The van der Waals surface area contributed by atoms with Crippen LogP contribution in [0.1, 0.15) is 24.2 Å². The summed E-state index contributed by atoms with van der Waals surface area (Å²) in [6, 6.07) is 5.08. The summed E-state index contributed by atoms with van der Waals surface area (Å²) in [5.74, 6) is -0.216. The lowest BCUT2D eigenvalue weighted by Gasteiger charge is -2.32. The van der Waals surface area contributed by atoms with E-state index in [0.717, 1.165) is 5.69 Å². The van der Waals surface area contributed by atoms with Crippen molar-refractivity contribution >= 4 is 23.1 Å². The van der Waals surface area contributed by atoms with E-state index in [2.05, 4.69) is 10.6 Å². The molecule has 0 aliphatic carbocycles. The molecule has 0 fully saturated rings. The molecule has 1 amide bonds. The molecule has 1 aromatic carbocycles. The second-order valence-electron chi connectivity index (χ2n) is 4.59. The summed E-state index contributed by atoms with van der Waals surface area (Å²) >= 11 is 0. The summed E-state index contributed by atoms with van der Waals surface area (Å²) in [7, 11) is 0. The first kappa shape index (κ1) is 11.6. The number of benzene rings is 1. The highest BCUT2D eigenvalue weighted by atomic mass is 16.2. The Kier molecular flexibility index (Phi) is 2.63. The van der Waals surface area contributed by atoms with Gasteiger partial charge in [0.15, 0.2) is 5.78 Å². The molecule has 0 atom stereocenters. The van der Waals surface area contributed by atoms with Gasteiger partial charge < -0.3 is 16.4 Å². The average molecular weight is 233 g/mol. The van der Waals surface area contributed by atoms with Crippen molar-refractivity contribution in [2.45, 2.75) is 19.4 Å². The number of nitrogens with two attached hydrogens (primary N) is 1. The fourth-order valence-corrected chi connectivity index (χ4v) is 1.72. The van der Waals surface area contributed by atoms with Crippen LogP contribution in [0.3, 0.4) is 0 Å². The summed E-state index contributed by atoms with van der Waals surface area (Å²) in [5.41, 5.74) is 6.61. The summed E-state index contributed by atoms with van der Waals surface area (Å²) < 4.78 is 0. The average Bonchev–Trinajstić information content (AvgIpc) is 2.28. The number of hydrogen-bond donors (Lipinski definition) is 3. The van der Waals surface area contributed by atoms with Gasteiger partial charge in [0.1, 0.15) is 5.54 Å². The Bertz CT molecular complexity index is 495. The van der Waals surface area contributed by atoms with Crippen molar-refractivity contribution in [2.24, 2.45) is 5.73 Å². The number of anilines is 2. The van der Waals surface area contributed by atoms with E-state index in [-0.39, 0.29) is 18.2 Å². The number of amides is 1. The lowest BCUT2D eigenvalue weighted by molar-refractivity contribution is -0.119. The van der Waals surface area contributed by atoms with Crippen LogP contribution in [0.25, 0.3) is 0 Å². The van der Waals surface area contributed by atoms with Crippen LogP contribution in [-0.4, -0.2) is 23.8 Å². The predicted octanol–water partition coefficient (Wildman–Crippen LogP) is 0.971. The number of carbonyl (C=O) groups is 2. The molecule has 2 rings (SSSR count). The van der Waals surface area contributed by atoms with Crippen molar-refractivity contribution < 1.29 is 9.59 Å². The Morgan fingerprint density at radius 3 is 2.71 bits per heavy atom. The zero-order chi connectivity index (χ0) is 12.6. The summed E-state index contributed by atoms with van der Waals surface area (Å²) in [5, 5.41) is 5.89. The number of nitrogens with one attached hydrogen (secondary N) is 2. The van der Waals surface area contributed by atoms with Crippen LogP contribution in [0, 0.1) is 0 Å². The second kappa shape index (κ2) is 3.85. The molecule has 0 radical (unpaired) electrons. The molecule has 0 unspecified atom stereocenters. The lowest BCUT2D eigenvalue weighted by Crippen LogP contribution is -2.47. The van der Waals surface area contributed by atoms with Crippen molar-refractivity contribution in [1.29, 1.82) is 0 Å². The van der Waals surface area contributed by atoms with Crippen LogP contribution in [-0.2, 0) is 4.79 Å². The Morgan fingerprint density at radius 2 is 2.06 bits per heavy atom. The molecular formula is C12H15N3O2. The van der Waals surface area contributed by atoms with Gasteiger partial charge in [-0.25, -0.2) is 0 Å². The second-order valence-corrected chi connectivity index (χ2v) is 4.59. The first-order valence-corrected chi connectivity index (χ1v) is 5.41. The van der Waals surface area contributed by atoms with Crippen molar-refractivity contribution in [3.05, 3.63) is 23.8 Å². The third kappa shape index (κ3) is 2.01. The van der Waals surface area contributed by atoms with Crippen LogP contribution in [0.2, 0.25) is 0 Å². The number of Topliss-reactive ketones (excluding diaryl/α,β-unsaturated/α-hetero) is 1. The standard InChI is InChI=1S/C12H15N3O2/c1-12(2)11(17)14-8-4-3-7(10(16)6-13)5-9(8)15-12/h3-5,15H,6,13H2,1-2H3,(H,14,17). The smallest absolute Gasteiger partial charge is 0.249 e. The maximum atomic E-state index is 11.7. The summed E-state index contributed by atoms with van der Waals surface area (Å²) in [6.45, 7) is 3.54. The van der Waals surface area contributed by atoms with Crippen LogP contribution >= 0.6 is 0 Å². The van der Waals surface area contributed by atoms with Gasteiger partial charge in [-0.05, 0) is 32.0 Å². The minimum atomic E-state index is -0.683. The highest BCUT2D eigenvalue weighted by molar-refractivity contribution is 6.07. The van der Waals surface area contributed by atoms with E-state index >= 15 is 0 Å². The van der Waals surface area contributed by atoms with Gasteiger partial charge in [0.05, 0.1) is 17.9 Å². The van der Waals surface area contributed by atoms with E-state index in [1.54, 1.807) is 32.0 Å². The molecule has 5 nitrogen and oxygen atoms in total. The normalized spacial score (nSPS) is 16.8. The van der Waals surface area contributed by atoms with Crippen LogP contribution in [0.15, 0.2) is 18.2 Å². The first-order valence-electron chi connectivity index (χ1n) is 5.41. The molecule has 0 saturated carbocycles. The zero-order valence-corrected chi connectivity index (χ0v) is 9.83. The highest BCUT2D eigenvalue weighted by Gasteiger charge is 2.32. The Labute approximate surface area is 99.4 Å². The molecular weight excluding hydrogens is 218 g/mol. The van der Waals surface area contributed by atoms with Crippen LogP contribution in [0.4, 0.5) is 11.4 Å². The van der Waals surface area contributed by atoms with Crippen molar-refractivity contribution in [3.8, 4) is 0 Å². The summed E-state index contributed by atoms with van der Waals surface area (Å²) in [6.07, 6.45) is 0. The molecule has 1 aromatic rings. The number of ketones is 1. The maximum absolute atomic E-state index is 11.7. The Morgan fingerprint density at radius 1 is 1.35 bits per heavy atom. The molecule has 0 bridgehead atoms. The first-order chi connectivity index (χ1) is 7.94. The third-order valence-corrected chi connectivity index (χ3v) is 2.79. The number of rotatable bonds is 2. The molecule has 1 heterocycles. The van der Waals surface area contributed by atoms with Gasteiger partial charge >= 0.3 is 0 Å². The molecule has 17 heavy (non-hydrogen) atoms. The van der Waals surface area contributed by atoms with Crippen molar-refractivity contribution in [1.82, 2.24) is 0 Å². The highest BCUT2D eigenvalue weighted by Crippen LogP contribution is 2.31. The Hall–Kier alpha value is -1.88. The molecule has 0 aromatic heterocycles. The minimum Gasteiger partial charge on any atom is -0.370 e. The van der Waals surface area contributed by atoms with E-state index < -0.39 is 5.54 Å². The zero-order valence-electron chi connectivity index (χ0n) is 9.83. The maximum Gasteiger partial charge on any atom is 0.249 e. The molecule has 0 saturated heterocycles. The fourth-order valence-electron chi connectivity index (χ4n) is 1.72. The largest absolute Gasteiger partial charge is 0.370 e. The predicted molar refractivity (Wildman–Crippen MR) is 66.2 cm³/mol. The van der Waals surface area contributed by atoms with Gasteiger partial charge in [-0.15, -0.1) is 0 Å².